The van der Waals surface area contributed by atoms with Gasteiger partial charge in [-0.05, 0) is 13.5 Å². The van der Waals surface area contributed by atoms with E-state index in [0.717, 1.165) is 0 Å². The highest BCUT2D eigenvalue weighted by atomic mass is 16.6. The molecule has 4 N–H and O–H groups in total. The molecule has 11 heteroatoms. The van der Waals surface area contributed by atoms with Gasteiger partial charge in [0.15, 0.2) is 12.0 Å². The van der Waals surface area contributed by atoms with E-state index >= 15 is 0 Å². The van der Waals surface area contributed by atoms with Gasteiger partial charge in [0.2, 0.25) is 0 Å². The quantitative estimate of drug-likeness (QED) is 0.0995. The topological polar surface area (TPSA) is 161 Å². The number of methoxy groups -OCH3 is 2. The van der Waals surface area contributed by atoms with Crippen LogP contribution in [-0.2, 0) is 33.3 Å². The molecule has 0 bridgehead atoms. The molecule has 0 aliphatic heterocycles. The smallest absolute Gasteiger partial charge is 0.370 e. The van der Waals surface area contributed by atoms with E-state index in [1.54, 1.807) is 6.92 Å². The standard InChI is InChI=1S/C8H14O4.C5H12O4.C4H6O3/c1-7(2)8(10)12-6-5-11-4-3-9;1-8-5(7)4-9-3-2-6;1-3(7-2)4(5)6/h9H,1,3-6H2,2H3;5-7H,2-4H2,1H3;1H2,2H3,(H,5,6). The second-order valence-electron chi connectivity index (χ2n) is 4.67. The first kappa shape index (κ1) is 30.7. The van der Waals surface area contributed by atoms with Gasteiger partial charge < -0.3 is 44.1 Å². The number of hydrogen-bond acceptors (Lipinski definition) is 10. The minimum absolute atomic E-state index is 0.0194. The van der Waals surface area contributed by atoms with Crippen molar-refractivity contribution in [1.29, 1.82) is 0 Å². The Morgan fingerprint density at radius 3 is 1.86 bits per heavy atom. The number of carbonyl (C=O) groups is 2. The zero-order valence-corrected chi connectivity index (χ0v) is 16.6. The maximum absolute atomic E-state index is 10.7. The second kappa shape index (κ2) is 23.0. The molecule has 1 atom stereocenters. The Hall–Kier alpha value is -2.02. The molecule has 166 valence electrons. The zero-order valence-electron chi connectivity index (χ0n) is 16.6. The first-order valence-electron chi connectivity index (χ1n) is 8.04. The lowest BCUT2D eigenvalue weighted by atomic mass is 10.4. The second-order valence-corrected chi connectivity index (χ2v) is 4.67. The third-order valence-electron chi connectivity index (χ3n) is 2.30. The van der Waals surface area contributed by atoms with E-state index in [0.29, 0.717) is 12.2 Å². The van der Waals surface area contributed by atoms with Crippen LogP contribution in [0.25, 0.3) is 0 Å². The maximum Gasteiger partial charge on any atom is 0.370 e. The van der Waals surface area contributed by atoms with Crippen LogP contribution in [0.4, 0.5) is 0 Å². The molecular weight excluding hydrogens is 380 g/mol. The van der Waals surface area contributed by atoms with E-state index in [4.69, 9.17) is 34.6 Å². The molecule has 0 heterocycles. The van der Waals surface area contributed by atoms with Crippen LogP contribution < -0.4 is 0 Å². The molecule has 0 saturated carbocycles. The lowest BCUT2D eigenvalue weighted by Crippen LogP contribution is -2.18. The van der Waals surface area contributed by atoms with Crippen LogP contribution >= 0.6 is 0 Å². The third kappa shape index (κ3) is 26.2. The number of aliphatic hydroxyl groups is 3. The highest BCUT2D eigenvalue weighted by Gasteiger charge is 2.01. The maximum atomic E-state index is 10.7. The highest BCUT2D eigenvalue weighted by molar-refractivity contribution is 5.86. The van der Waals surface area contributed by atoms with Crippen LogP contribution in [0.2, 0.25) is 0 Å². The van der Waals surface area contributed by atoms with Gasteiger partial charge in [-0.25, -0.2) is 9.59 Å². The highest BCUT2D eigenvalue weighted by Crippen LogP contribution is 1.91. The van der Waals surface area contributed by atoms with Crippen LogP contribution in [0.1, 0.15) is 6.92 Å². The van der Waals surface area contributed by atoms with E-state index in [1.807, 2.05) is 0 Å². The molecular formula is C17H32O11. The van der Waals surface area contributed by atoms with Crippen molar-refractivity contribution in [2.24, 2.45) is 0 Å². The van der Waals surface area contributed by atoms with Crippen molar-refractivity contribution < 1.29 is 53.7 Å². The van der Waals surface area contributed by atoms with Gasteiger partial charge in [-0.1, -0.05) is 6.58 Å². The van der Waals surface area contributed by atoms with Gasteiger partial charge in [-0.15, -0.1) is 0 Å². The van der Waals surface area contributed by atoms with Crippen LogP contribution in [0, 0.1) is 0 Å². The normalized spacial score (nSPS) is 10.4. The van der Waals surface area contributed by atoms with Crippen molar-refractivity contribution in [2.75, 3.05) is 60.5 Å². The molecule has 1 unspecified atom stereocenters. The third-order valence-corrected chi connectivity index (χ3v) is 2.30. The fourth-order valence-corrected chi connectivity index (χ4v) is 0.887. The van der Waals surface area contributed by atoms with E-state index in [9.17, 15) is 9.59 Å². The van der Waals surface area contributed by atoms with Crippen LogP contribution in [-0.4, -0.2) is 99.1 Å². The Labute approximate surface area is 164 Å². The number of carboxylic acid groups (broad SMARTS) is 1. The molecule has 0 amide bonds. The lowest BCUT2D eigenvalue weighted by Gasteiger charge is -2.06. The Morgan fingerprint density at radius 2 is 1.50 bits per heavy atom. The average molecular weight is 412 g/mol. The molecule has 0 rings (SSSR count). The van der Waals surface area contributed by atoms with Gasteiger partial charge in [-0.3, -0.25) is 0 Å². The fraction of sp³-hybridized carbons (Fsp3) is 0.647. The number of rotatable bonds is 13. The molecule has 0 aromatic rings. The number of ether oxygens (including phenoxy) is 5. The Bertz CT molecular complexity index is 423. The van der Waals surface area contributed by atoms with Gasteiger partial charge in [0.25, 0.3) is 0 Å². The number of carboxylic acids is 1. The number of aliphatic carboxylic acids is 1. The SMILES string of the molecule is C=C(C)C(=O)OCCOCCO.C=C(OC)C(=O)O.COC(O)COCCO. The number of esters is 1. The number of aliphatic hydroxyl groups excluding tert-OH is 3. The molecule has 0 spiro atoms. The molecule has 0 aliphatic carbocycles. The predicted molar refractivity (Wildman–Crippen MR) is 98.4 cm³/mol. The Morgan fingerprint density at radius 1 is 0.964 bits per heavy atom. The summed E-state index contributed by atoms with van der Waals surface area (Å²) in [5.74, 6) is -1.77. The molecule has 28 heavy (non-hydrogen) atoms. The lowest BCUT2D eigenvalue weighted by molar-refractivity contribution is -0.140. The van der Waals surface area contributed by atoms with Crippen molar-refractivity contribution >= 4 is 11.9 Å². The molecule has 0 aromatic carbocycles. The molecule has 11 nitrogen and oxygen atoms in total. The van der Waals surface area contributed by atoms with Crippen molar-refractivity contribution in [3.63, 3.8) is 0 Å². The first-order valence-corrected chi connectivity index (χ1v) is 8.04. The van der Waals surface area contributed by atoms with Crippen molar-refractivity contribution in [3.05, 3.63) is 24.5 Å². The monoisotopic (exact) mass is 412 g/mol. The van der Waals surface area contributed by atoms with Crippen molar-refractivity contribution in [2.45, 2.75) is 13.2 Å². The molecule has 0 aromatic heterocycles. The molecule has 0 radical (unpaired) electrons. The average Bonchev–Trinajstić information content (AvgIpc) is 2.67. The van der Waals surface area contributed by atoms with Crippen molar-refractivity contribution in [1.82, 2.24) is 0 Å². The van der Waals surface area contributed by atoms with Gasteiger partial charge in [0.05, 0.1) is 46.8 Å². The summed E-state index contributed by atoms with van der Waals surface area (Å²) in [4.78, 5) is 20.5. The minimum atomic E-state index is -1.12. The van der Waals surface area contributed by atoms with Crippen LogP contribution in [0.5, 0.6) is 0 Å². The summed E-state index contributed by atoms with van der Waals surface area (Å²) in [7, 11) is 2.64. The van der Waals surface area contributed by atoms with E-state index in [1.165, 1.54) is 14.2 Å². The fourth-order valence-electron chi connectivity index (χ4n) is 0.887. The summed E-state index contributed by atoms with van der Waals surface area (Å²) in [6.07, 6.45) is -0.878. The molecule has 0 fully saturated rings. The predicted octanol–water partition coefficient (Wildman–Crippen LogP) is -0.694. The van der Waals surface area contributed by atoms with Crippen LogP contribution in [0.15, 0.2) is 24.5 Å². The molecule has 0 saturated heterocycles. The van der Waals surface area contributed by atoms with Crippen LogP contribution in [0.3, 0.4) is 0 Å². The van der Waals surface area contributed by atoms with Gasteiger partial charge >= 0.3 is 11.9 Å². The number of hydrogen-bond donors (Lipinski definition) is 4. The summed E-state index contributed by atoms with van der Waals surface area (Å²) < 4.78 is 22.9. The zero-order chi connectivity index (χ0) is 22.4. The van der Waals surface area contributed by atoms with Gasteiger partial charge in [0.1, 0.15) is 6.61 Å². The summed E-state index contributed by atoms with van der Waals surface area (Å²) in [5.41, 5.74) is 0.372. The Balaban J connectivity index is -0.000000349. The largest absolute Gasteiger partial charge is 0.490 e. The summed E-state index contributed by atoms with van der Waals surface area (Å²) in [6, 6.07) is 0. The van der Waals surface area contributed by atoms with Crippen molar-refractivity contribution in [3.8, 4) is 0 Å². The molecule has 0 aliphatic rings. The van der Waals surface area contributed by atoms with E-state index in [-0.39, 0.29) is 45.4 Å². The first-order chi connectivity index (χ1) is 13.2. The van der Waals surface area contributed by atoms with Gasteiger partial charge in [0, 0.05) is 12.7 Å². The summed E-state index contributed by atoms with van der Waals surface area (Å²) >= 11 is 0. The van der Waals surface area contributed by atoms with Gasteiger partial charge in [-0.2, -0.15) is 0 Å². The number of carbonyl (C=O) groups excluding carboxylic acids is 1. The Kier molecular flexibility index (Phi) is 25.2. The summed E-state index contributed by atoms with van der Waals surface area (Å²) in [5, 5.41) is 33.1. The summed E-state index contributed by atoms with van der Waals surface area (Å²) in [6.45, 7) is 9.11. The van der Waals surface area contributed by atoms with E-state index in [2.05, 4.69) is 22.6 Å². The van der Waals surface area contributed by atoms with E-state index < -0.39 is 18.2 Å². The minimum Gasteiger partial charge on any atom is -0.490 e.